The van der Waals surface area contributed by atoms with E-state index in [9.17, 15) is 0 Å². The Morgan fingerprint density at radius 2 is 1.83 bits per heavy atom. The maximum absolute atomic E-state index is 3.75. The van der Waals surface area contributed by atoms with Crippen LogP contribution in [-0.2, 0) is 6.54 Å². The van der Waals surface area contributed by atoms with Crippen LogP contribution in [0.2, 0.25) is 0 Å². The van der Waals surface area contributed by atoms with E-state index in [1.54, 1.807) is 0 Å². The molecule has 0 saturated heterocycles. The molecule has 1 saturated carbocycles. The highest BCUT2D eigenvalue weighted by Gasteiger charge is 2.34. The molecule has 0 atom stereocenters. The average molecular weight is 310 g/mol. The van der Waals surface area contributed by atoms with Crippen molar-refractivity contribution in [1.82, 2.24) is 4.90 Å². The van der Waals surface area contributed by atoms with E-state index in [1.165, 1.54) is 37.8 Å². The Morgan fingerprint density at radius 3 is 2.39 bits per heavy atom. The number of halogens is 1. The minimum Gasteiger partial charge on any atom is -0.299 e. The Bertz CT molecular complexity index is 343. The highest BCUT2D eigenvalue weighted by molar-refractivity contribution is 9.09. The monoisotopic (exact) mass is 309 g/mol. The molecule has 2 rings (SSSR count). The van der Waals surface area contributed by atoms with Gasteiger partial charge in [0, 0.05) is 18.4 Å². The zero-order chi connectivity index (χ0) is 12.8. The molecular formula is C16H24BrN. The molecule has 0 unspecified atom stereocenters. The van der Waals surface area contributed by atoms with Crippen molar-refractivity contribution in [1.29, 1.82) is 0 Å². The van der Waals surface area contributed by atoms with E-state index in [1.807, 2.05) is 0 Å². The summed E-state index contributed by atoms with van der Waals surface area (Å²) in [6, 6.07) is 10.8. The normalized spacial score (nSPS) is 18.4. The fraction of sp³-hybridized carbons (Fsp3) is 0.625. The second kappa shape index (κ2) is 6.72. The van der Waals surface area contributed by atoms with Crippen LogP contribution in [0.1, 0.15) is 38.2 Å². The van der Waals surface area contributed by atoms with E-state index in [-0.39, 0.29) is 0 Å². The van der Waals surface area contributed by atoms with Gasteiger partial charge in [-0.1, -0.05) is 66.0 Å². The lowest BCUT2D eigenvalue weighted by Gasteiger charge is -2.33. The predicted octanol–water partition coefficient (Wildman–Crippen LogP) is 4.46. The molecule has 2 heteroatoms. The van der Waals surface area contributed by atoms with Crippen LogP contribution in [0.4, 0.5) is 0 Å². The van der Waals surface area contributed by atoms with Gasteiger partial charge in [-0.25, -0.2) is 0 Å². The number of benzene rings is 1. The Kier molecular flexibility index (Phi) is 5.25. The van der Waals surface area contributed by atoms with E-state index in [2.05, 4.69) is 58.1 Å². The molecule has 0 bridgehead atoms. The molecule has 0 aromatic heterocycles. The zero-order valence-corrected chi connectivity index (χ0v) is 13.0. The molecule has 1 nitrogen and oxygen atoms in total. The van der Waals surface area contributed by atoms with Crippen molar-refractivity contribution in [2.45, 2.75) is 39.2 Å². The van der Waals surface area contributed by atoms with Gasteiger partial charge in [-0.2, -0.15) is 0 Å². The average Bonchev–Trinajstić information content (AvgIpc) is 2.88. The van der Waals surface area contributed by atoms with Crippen molar-refractivity contribution in [2.24, 2.45) is 5.41 Å². The molecule has 0 spiro atoms. The largest absolute Gasteiger partial charge is 0.299 e. The fourth-order valence-corrected chi connectivity index (χ4v) is 3.79. The van der Waals surface area contributed by atoms with Crippen molar-refractivity contribution in [3.63, 3.8) is 0 Å². The highest BCUT2D eigenvalue weighted by atomic mass is 79.9. The van der Waals surface area contributed by atoms with E-state index >= 15 is 0 Å². The molecule has 0 radical (unpaired) electrons. The first-order valence-corrected chi connectivity index (χ1v) is 8.22. The van der Waals surface area contributed by atoms with Gasteiger partial charge in [0.05, 0.1) is 0 Å². The number of nitrogens with zero attached hydrogens (tertiary/aromatic N) is 1. The molecule has 0 amide bonds. The first kappa shape index (κ1) is 14.1. The van der Waals surface area contributed by atoms with Gasteiger partial charge >= 0.3 is 0 Å². The third kappa shape index (κ3) is 3.58. The lowest BCUT2D eigenvalue weighted by molar-refractivity contribution is 0.172. The van der Waals surface area contributed by atoms with Gasteiger partial charge < -0.3 is 0 Å². The van der Waals surface area contributed by atoms with Crippen LogP contribution in [0.15, 0.2) is 30.3 Å². The Morgan fingerprint density at radius 1 is 1.17 bits per heavy atom. The van der Waals surface area contributed by atoms with Gasteiger partial charge in [-0.15, -0.1) is 0 Å². The molecule has 0 N–H and O–H groups in total. The smallest absolute Gasteiger partial charge is 0.0233 e. The number of rotatable bonds is 6. The van der Waals surface area contributed by atoms with Gasteiger partial charge in [0.1, 0.15) is 0 Å². The summed E-state index contributed by atoms with van der Waals surface area (Å²) in [7, 11) is 0. The zero-order valence-electron chi connectivity index (χ0n) is 11.4. The fourth-order valence-electron chi connectivity index (χ4n) is 3.05. The third-order valence-electron chi connectivity index (χ3n) is 4.20. The van der Waals surface area contributed by atoms with Gasteiger partial charge in [-0.3, -0.25) is 4.90 Å². The van der Waals surface area contributed by atoms with Crippen molar-refractivity contribution in [3.8, 4) is 0 Å². The molecular weight excluding hydrogens is 286 g/mol. The summed E-state index contributed by atoms with van der Waals surface area (Å²) < 4.78 is 0. The van der Waals surface area contributed by atoms with Crippen LogP contribution in [0, 0.1) is 5.41 Å². The topological polar surface area (TPSA) is 3.24 Å². The lowest BCUT2D eigenvalue weighted by atomic mass is 9.88. The summed E-state index contributed by atoms with van der Waals surface area (Å²) in [5.41, 5.74) is 1.97. The summed E-state index contributed by atoms with van der Waals surface area (Å²) in [6.45, 7) is 5.75. The van der Waals surface area contributed by atoms with Crippen LogP contribution in [0.25, 0.3) is 0 Å². The Balaban J connectivity index is 1.96. The summed E-state index contributed by atoms with van der Waals surface area (Å²) in [5.74, 6) is 0. The molecule has 1 aromatic rings. The number of alkyl halides is 1. The highest BCUT2D eigenvalue weighted by Crippen LogP contribution is 2.40. The first-order valence-electron chi connectivity index (χ1n) is 7.10. The summed E-state index contributed by atoms with van der Waals surface area (Å²) >= 11 is 3.75. The van der Waals surface area contributed by atoms with Gasteiger partial charge in [0.25, 0.3) is 0 Å². The molecule has 18 heavy (non-hydrogen) atoms. The van der Waals surface area contributed by atoms with Crippen molar-refractivity contribution >= 4 is 15.9 Å². The van der Waals surface area contributed by atoms with E-state index < -0.39 is 0 Å². The molecule has 1 aliphatic rings. The van der Waals surface area contributed by atoms with Crippen molar-refractivity contribution in [3.05, 3.63) is 35.9 Å². The quantitative estimate of drug-likeness (QED) is 0.701. The standard InChI is InChI=1S/C16H24BrN/c1-2-18(12-15-8-4-3-5-9-15)14-16(13-17)10-6-7-11-16/h3-5,8-9H,2,6-7,10-14H2,1H3. The van der Waals surface area contributed by atoms with Crippen molar-refractivity contribution < 1.29 is 0 Å². The van der Waals surface area contributed by atoms with Crippen LogP contribution >= 0.6 is 15.9 Å². The first-order chi connectivity index (χ1) is 8.78. The number of hydrogen-bond acceptors (Lipinski definition) is 1. The van der Waals surface area contributed by atoms with E-state index in [4.69, 9.17) is 0 Å². The SMILES string of the molecule is CCN(Cc1ccccc1)CC1(CBr)CCCC1. The van der Waals surface area contributed by atoms with Crippen LogP contribution in [0.3, 0.4) is 0 Å². The Labute approximate surface area is 120 Å². The predicted molar refractivity (Wildman–Crippen MR) is 82.1 cm³/mol. The molecule has 1 fully saturated rings. The maximum Gasteiger partial charge on any atom is 0.0233 e. The molecule has 100 valence electrons. The van der Waals surface area contributed by atoms with Gasteiger partial charge in [0.2, 0.25) is 0 Å². The van der Waals surface area contributed by atoms with Crippen LogP contribution < -0.4 is 0 Å². The summed E-state index contributed by atoms with van der Waals surface area (Å²) in [4.78, 5) is 2.60. The Hall–Kier alpha value is -0.340. The second-order valence-corrected chi connectivity index (χ2v) is 6.19. The summed E-state index contributed by atoms with van der Waals surface area (Å²) in [5, 5.41) is 1.16. The maximum atomic E-state index is 3.75. The number of hydrogen-bond donors (Lipinski definition) is 0. The van der Waals surface area contributed by atoms with Gasteiger partial charge in [0.15, 0.2) is 0 Å². The summed E-state index contributed by atoms with van der Waals surface area (Å²) in [6.07, 6.45) is 5.61. The minimum absolute atomic E-state index is 0.533. The van der Waals surface area contributed by atoms with Crippen molar-refractivity contribution in [2.75, 3.05) is 18.4 Å². The van der Waals surface area contributed by atoms with Crippen LogP contribution in [-0.4, -0.2) is 23.3 Å². The van der Waals surface area contributed by atoms with Gasteiger partial charge in [-0.05, 0) is 30.4 Å². The third-order valence-corrected chi connectivity index (χ3v) is 5.39. The van der Waals surface area contributed by atoms with Crippen LogP contribution in [0.5, 0.6) is 0 Å². The molecule has 0 aliphatic heterocycles. The molecule has 0 heterocycles. The van der Waals surface area contributed by atoms with E-state index in [0.717, 1.165) is 18.4 Å². The molecule has 1 aromatic carbocycles. The minimum atomic E-state index is 0.533. The second-order valence-electron chi connectivity index (χ2n) is 5.63. The van der Waals surface area contributed by atoms with E-state index in [0.29, 0.717) is 5.41 Å². The lowest BCUT2D eigenvalue weighted by Crippen LogP contribution is -2.37. The molecule has 1 aliphatic carbocycles.